The van der Waals surface area contributed by atoms with E-state index in [0.717, 1.165) is 12.1 Å². The van der Waals surface area contributed by atoms with Crippen molar-refractivity contribution in [1.29, 1.82) is 0 Å². The molecule has 0 spiro atoms. The summed E-state index contributed by atoms with van der Waals surface area (Å²) in [7, 11) is 0. The topological polar surface area (TPSA) is 108 Å². The van der Waals surface area contributed by atoms with Gasteiger partial charge >= 0.3 is 0 Å². The Balaban J connectivity index is 1.59. The van der Waals surface area contributed by atoms with E-state index < -0.39 is 10.8 Å². The normalized spacial score (nSPS) is 13.4. The van der Waals surface area contributed by atoms with Gasteiger partial charge in [-0.15, -0.1) is 0 Å². The number of halogens is 1. The zero-order valence-corrected chi connectivity index (χ0v) is 20.5. The highest BCUT2D eigenvalue weighted by Crippen LogP contribution is 2.30. The number of nitrogens with one attached hydrogen (secondary N) is 2. The molecule has 0 aliphatic carbocycles. The van der Waals surface area contributed by atoms with Crippen molar-refractivity contribution in [3.8, 4) is 0 Å². The van der Waals surface area contributed by atoms with Crippen molar-refractivity contribution in [3.63, 3.8) is 0 Å². The van der Waals surface area contributed by atoms with Gasteiger partial charge in [0.05, 0.1) is 15.6 Å². The van der Waals surface area contributed by atoms with Crippen molar-refractivity contribution in [1.82, 2.24) is 10.2 Å². The molecule has 2 N–H and O–H groups in total. The monoisotopic (exact) mass is 503 g/mol. The van der Waals surface area contributed by atoms with Crippen molar-refractivity contribution < 1.29 is 14.5 Å². The minimum absolute atomic E-state index is 0.0418. The molecule has 1 saturated heterocycles. The van der Waals surface area contributed by atoms with Gasteiger partial charge in [-0.3, -0.25) is 25.0 Å². The molecule has 1 heterocycles. The number of thiocarbonyl (C=S) groups is 1. The van der Waals surface area contributed by atoms with E-state index in [2.05, 4.69) is 15.5 Å². The second-order valence-corrected chi connectivity index (χ2v) is 8.77. The number of hydrogen-bond donors (Lipinski definition) is 2. The van der Waals surface area contributed by atoms with Crippen LogP contribution >= 0.6 is 23.8 Å². The molecule has 2 amide bonds. The lowest BCUT2D eigenvalue weighted by atomic mass is 10.1. The molecule has 9 nitrogen and oxygen atoms in total. The first-order valence-electron chi connectivity index (χ1n) is 10.9. The third-order valence-electron chi connectivity index (χ3n) is 5.54. The van der Waals surface area contributed by atoms with E-state index in [9.17, 15) is 19.7 Å². The third kappa shape index (κ3) is 6.21. The van der Waals surface area contributed by atoms with Crippen LogP contribution in [0, 0.1) is 17.0 Å². The molecule has 0 saturated carbocycles. The zero-order chi connectivity index (χ0) is 24.8. The van der Waals surface area contributed by atoms with E-state index in [4.69, 9.17) is 23.8 Å². The number of aryl methyl sites for hydroxylation is 1. The molecule has 1 fully saturated rings. The summed E-state index contributed by atoms with van der Waals surface area (Å²) in [6.07, 6.45) is 1.41. The molecule has 1 aliphatic heterocycles. The minimum atomic E-state index is -0.557. The molecule has 0 bridgehead atoms. The number of nitro benzene ring substituents is 1. The van der Waals surface area contributed by atoms with Gasteiger partial charge in [0, 0.05) is 55.5 Å². The first-order chi connectivity index (χ1) is 16.2. The summed E-state index contributed by atoms with van der Waals surface area (Å²) < 4.78 is 0. The number of benzene rings is 2. The number of piperazine rings is 1. The molecule has 34 heavy (non-hydrogen) atoms. The Labute approximate surface area is 208 Å². The number of amides is 2. The van der Waals surface area contributed by atoms with Crippen LogP contribution in [-0.4, -0.2) is 52.9 Å². The molecule has 2 aromatic rings. The summed E-state index contributed by atoms with van der Waals surface area (Å²) in [5, 5.41) is 17.1. The molecule has 11 heteroatoms. The summed E-state index contributed by atoms with van der Waals surface area (Å²) >= 11 is 11.7. The van der Waals surface area contributed by atoms with E-state index in [0.29, 0.717) is 48.9 Å². The van der Waals surface area contributed by atoms with Gasteiger partial charge < -0.3 is 15.1 Å². The fraction of sp³-hybridized carbons (Fsp3) is 0.348. The van der Waals surface area contributed by atoms with E-state index in [1.54, 1.807) is 19.1 Å². The van der Waals surface area contributed by atoms with Crippen LogP contribution in [0.15, 0.2) is 36.4 Å². The maximum absolute atomic E-state index is 12.5. The number of carbonyl (C=O) groups excluding carboxylic acids is 2. The van der Waals surface area contributed by atoms with Crippen LogP contribution in [0.4, 0.5) is 17.1 Å². The zero-order valence-electron chi connectivity index (χ0n) is 19.0. The van der Waals surface area contributed by atoms with Crippen molar-refractivity contribution in [2.75, 3.05) is 36.4 Å². The lowest BCUT2D eigenvalue weighted by Gasteiger charge is -2.36. The van der Waals surface area contributed by atoms with Crippen LogP contribution < -0.4 is 15.5 Å². The largest absolute Gasteiger partial charge is 0.367 e. The first-order valence-corrected chi connectivity index (χ1v) is 11.7. The molecule has 0 radical (unpaired) electrons. The van der Waals surface area contributed by atoms with Gasteiger partial charge in [-0.25, -0.2) is 0 Å². The second kappa shape index (κ2) is 11.3. The molecule has 2 aromatic carbocycles. The lowest BCUT2D eigenvalue weighted by molar-refractivity contribution is -0.385. The van der Waals surface area contributed by atoms with Gasteiger partial charge in [-0.1, -0.05) is 24.6 Å². The smallest absolute Gasteiger partial charge is 0.273 e. The van der Waals surface area contributed by atoms with Gasteiger partial charge in [-0.2, -0.15) is 0 Å². The summed E-state index contributed by atoms with van der Waals surface area (Å²) in [4.78, 5) is 39.1. The van der Waals surface area contributed by atoms with Crippen LogP contribution in [0.5, 0.6) is 0 Å². The molecular formula is C23H26ClN5O4S. The van der Waals surface area contributed by atoms with E-state index in [1.165, 1.54) is 18.2 Å². The van der Waals surface area contributed by atoms with Gasteiger partial charge in [-0.05, 0) is 49.8 Å². The average Bonchev–Trinajstić information content (AvgIpc) is 2.79. The highest BCUT2D eigenvalue weighted by molar-refractivity contribution is 7.80. The molecule has 180 valence electrons. The number of hydrogen-bond acceptors (Lipinski definition) is 6. The van der Waals surface area contributed by atoms with Crippen LogP contribution in [0.3, 0.4) is 0 Å². The summed E-state index contributed by atoms with van der Waals surface area (Å²) in [6.45, 7) is 6.30. The Hall–Kier alpha value is -3.24. The Morgan fingerprint density at radius 2 is 1.85 bits per heavy atom. The third-order valence-corrected chi connectivity index (χ3v) is 6.04. The van der Waals surface area contributed by atoms with E-state index >= 15 is 0 Å². The van der Waals surface area contributed by atoms with Crippen LogP contribution in [0.1, 0.15) is 35.7 Å². The Morgan fingerprint density at radius 1 is 1.15 bits per heavy atom. The fourth-order valence-corrected chi connectivity index (χ4v) is 4.21. The standard InChI is InChI=1S/C23H26ClN5O4S/c1-3-4-21(30)28-11-9-27(10-12-28)19-8-7-17(14-18(19)24)25-23(34)26-22(31)16-6-5-15(2)20(13-16)29(32)33/h5-8,13-14H,3-4,9-12H2,1-2H3,(H2,25,26,31,34). The van der Waals surface area contributed by atoms with Crippen molar-refractivity contribution in [2.45, 2.75) is 26.7 Å². The maximum Gasteiger partial charge on any atom is 0.273 e. The SMILES string of the molecule is CCCC(=O)N1CCN(c2ccc(NC(=S)NC(=O)c3ccc(C)c([N+](=O)[O-])c3)cc2Cl)CC1. The quantitative estimate of drug-likeness (QED) is 0.346. The number of nitro groups is 1. The van der Waals surface area contributed by atoms with Crippen LogP contribution in [-0.2, 0) is 4.79 Å². The Bertz CT molecular complexity index is 1120. The summed E-state index contributed by atoms with van der Waals surface area (Å²) in [5.41, 5.74) is 1.91. The number of rotatable bonds is 6. The summed E-state index contributed by atoms with van der Waals surface area (Å²) in [6, 6.07) is 9.60. The molecule has 3 rings (SSSR count). The lowest BCUT2D eigenvalue weighted by Crippen LogP contribution is -2.48. The minimum Gasteiger partial charge on any atom is -0.367 e. The van der Waals surface area contributed by atoms with Gasteiger partial charge in [0.2, 0.25) is 5.91 Å². The van der Waals surface area contributed by atoms with Crippen LogP contribution in [0.25, 0.3) is 0 Å². The number of nitrogens with zero attached hydrogens (tertiary/aromatic N) is 3. The highest BCUT2D eigenvalue weighted by Gasteiger charge is 2.22. The van der Waals surface area contributed by atoms with Crippen molar-refractivity contribution in [3.05, 3.63) is 62.7 Å². The molecule has 0 aromatic heterocycles. The molecule has 1 aliphatic rings. The summed E-state index contributed by atoms with van der Waals surface area (Å²) in [5.74, 6) is -0.373. The first kappa shape index (κ1) is 25.4. The maximum atomic E-state index is 12.5. The van der Waals surface area contributed by atoms with E-state index in [1.807, 2.05) is 17.9 Å². The Morgan fingerprint density at radius 3 is 2.47 bits per heavy atom. The Kier molecular flexibility index (Phi) is 8.41. The highest BCUT2D eigenvalue weighted by atomic mass is 35.5. The fourth-order valence-electron chi connectivity index (χ4n) is 3.69. The van der Waals surface area contributed by atoms with Crippen molar-refractivity contribution >= 4 is 57.8 Å². The van der Waals surface area contributed by atoms with Crippen molar-refractivity contribution in [2.24, 2.45) is 0 Å². The second-order valence-electron chi connectivity index (χ2n) is 7.95. The predicted octanol–water partition coefficient (Wildman–Crippen LogP) is 4.13. The number of anilines is 2. The molecular weight excluding hydrogens is 478 g/mol. The van der Waals surface area contributed by atoms with Gasteiger partial charge in [0.15, 0.2) is 5.11 Å². The molecule has 0 atom stereocenters. The molecule has 0 unspecified atom stereocenters. The average molecular weight is 504 g/mol. The van der Waals surface area contributed by atoms with Crippen LogP contribution in [0.2, 0.25) is 5.02 Å². The van der Waals surface area contributed by atoms with E-state index in [-0.39, 0.29) is 22.3 Å². The van der Waals surface area contributed by atoms with Gasteiger partial charge in [0.1, 0.15) is 0 Å². The number of carbonyl (C=O) groups is 2. The van der Waals surface area contributed by atoms with Gasteiger partial charge in [0.25, 0.3) is 11.6 Å². The predicted molar refractivity (Wildman–Crippen MR) is 137 cm³/mol.